The van der Waals surface area contributed by atoms with Crippen LogP contribution in [0.4, 0.5) is 5.69 Å². The van der Waals surface area contributed by atoms with Gasteiger partial charge in [0, 0.05) is 11.7 Å². The molecule has 0 aromatic heterocycles. The molecule has 2 amide bonds. The molecule has 0 saturated carbocycles. The van der Waals surface area contributed by atoms with Gasteiger partial charge in [-0.05, 0) is 44.4 Å². The van der Waals surface area contributed by atoms with Crippen LogP contribution in [-0.4, -0.2) is 29.9 Å². The number of carbonyl (C=O) groups excluding carboxylic acids is 2. The molecule has 0 fully saturated rings. The number of nitrogens with zero attached hydrogens (tertiary/aromatic N) is 1. The zero-order valence-electron chi connectivity index (χ0n) is 15.6. The molecule has 6 heteroatoms. The fraction of sp³-hybridized carbons (Fsp3) is 0.526. The van der Waals surface area contributed by atoms with Gasteiger partial charge in [0.25, 0.3) is 0 Å². The van der Waals surface area contributed by atoms with E-state index in [9.17, 15) is 14.9 Å². The zero-order valence-corrected chi connectivity index (χ0v) is 15.6. The summed E-state index contributed by atoms with van der Waals surface area (Å²) in [5, 5.41) is 17.9. The highest BCUT2D eigenvalue weighted by Gasteiger charge is 2.29. The van der Waals surface area contributed by atoms with E-state index >= 15 is 0 Å². The SMILES string of the molecule is CC(C)NC(=O)Cc1ccc(NCC(=O)NC(C)(C#N)C(C)C)cc1. The van der Waals surface area contributed by atoms with Gasteiger partial charge in [-0.15, -0.1) is 0 Å². The second-order valence-electron chi connectivity index (χ2n) is 6.97. The van der Waals surface area contributed by atoms with Crippen molar-refractivity contribution in [1.82, 2.24) is 10.6 Å². The summed E-state index contributed by atoms with van der Waals surface area (Å²) in [6, 6.07) is 9.64. The summed E-state index contributed by atoms with van der Waals surface area (Å²) < 4.78 is 0. The van der Waals surface area contributed by atoms with Crippen molar-refractivity contribution in [3.8, 4) is 6.07 Å². The number of amides is 2. The van der Waals surface area contributed by atoms with Crippen molar-refractivity contribution in [2.24, 2.45) is 5.92 Å². The zero-order chi connectivity index (χ0) is 19.0. The topological polar surface area (TPSA) is 94.0 Å². The molecule has 1 atom stereocenters. The van der Waals surface area contributed by atoms with Crippen LogP contribution >= 0.6 is 0 Å². The summed E-state index contributed by atoms with van der Waals surface area (Å²) in [4.78, 5) is 23.8. The van der Waals surface area contributed by atoms with Gasteiger partial charge in [0.05, 0.1) is 19.0 Å². The lowest BCUT2D eigenvalue weighted by molar-refractivity contribution is -0.121. The molecule has 0 spiro atoms. The molecule has 25 heavy (non-hydrogen) atoms. The third-order valence-corrected chi connectivity index (χ3v) is 4.01. The molecule has 0 aliphatic carbocycles. The maximum absolute atomic E-state index is 12.0. The van der Waals surface area contributed by atoms with Crippen molar-refractivity contribution in [2.75, 3.05) is 11.9 Å². The number of benzene rings is 1. The lowest BCUT2D eigenvalue weighted by atomic mass is 9.90. The van der Waals surface area contributed by atoms with Crippen LogP contribution in [0.15, 0.2) is 24.3 Å². The van der Waals surface area contributed by atoms with Crippen molar-refractivity contribution >= 4 is 17.5 Å². The third-order valence-electron chi connectivity index (χ3n) is 4.01. The van der Waals surface area contributed by atoms with E-state index in [1.165, 1.54) is 0 Å². The second kappa shape index (κ2) is 9.07. The fourth-order valence-electron chi connectivity index (χ4n) is 2.12. The molecule has 3 N–H and O–H groups in total. The Morgan fingerprint density at radius 1 is 1.12 bits per heavy atom. The first-order valence-electron chi connectivity index (χ1n) is 8.50. The highest BCUT2D eigenvalue weighted by Crippen LogP contribution is 2.15. The molecule has 0 heterocycles. The first-order chi connectivity index (χ1) is 11.7. The molecule has 136 valence electrons. The van der Waals surface area contributed by atoms with E-state index in [1.807, 2.05) is 52.0 Å². The first-order valence-corrected chi connectivity index (χ1v) is 8.50. The van der Waals surface area contributed by atoms with Crippen LogP contribution < -0.4 is 16.0 Å². The fourth-order valence-corrected chi connectivity index (χ4v) is 2.12. The molecule has 6 nitrogen and oxygen atoms in total. The van der Waals surface area contributed by atoms with E-state index in [0.717, 1.165) is 11.3 Å². The standard InChI is InChI=1S/C19H28N4O2/c1-13(2)19(5,12-20)23-18(25)11-21-16-8-6-15(7-9-16)10-17(24)22-14(3)4/h6-9,13-14,21H,10-11H2,1-5H3,(H,22,24)(H,23,25). The summed E-state index contributed by atoms with van der Waals surface area (Å²) in [7, 11) is 0. The maximum atomic E-state index is 12.0. The number of nitriles is 1. The van der Waals surface area contributed by atoms with Gasteiger partial charge in [0.1, 0.15) is 5.54 Å². The number of hydrogen-bond donors (Lipinski definition) is 3. The summed E-state index contributed by atoms with van der Waals surface area (Å²) >= 11 is 0. The molecular weight excluding hydrogens is 316 g/mol. The summed E-state index contributed by atoms with van der Waals surface area (Å²) in [5.41, 5.74) is 0.809. The van der Waals surface area contributed by atoms with Crippen molar-refractivity contribution in [1.29, 1.82) is 5.26 Å². The minimum absolute atomic E-state index is 0.0118. The quantitative estimate of drug-likeness (QED) is 0.674. The molecule has 1 unspecified atom stereocenters. The van der Waals surface area contributed by atoms with E-state index in [0.29, 0.717) is 6.42 Å². The van der Waals surface area contributed by atoms with Crippen LogP contribution in [0.5, 0.6) is 0 Å². The molecular formula is C19H28N4O2. The minimum Gasteiger partial charge on any atom is -0.376 e. The molecule has 1 aromatic rings. The predicted molar refractivity (Wildman–Crippen MR) is 98.9 cm³/mol. The van der Waals surface area contributed by atoms with Gasteiger partial charge in [-0.3, -0.25) is 9.59 Å². The van der Waals surface area contributed by atoms with Gasteiger partial charge in [-0.2, -0.15) is 5.26 Å². The van der Waals surface area contributed by atoms with Gasteiger partial charge in [-0.25, -0.2) is 0 Å². The highest BCUT2D eigenvalue weighted by molar-refractivity contribution is 5.82. The monoisotopic (exact) mass is 344 g/mol. The van der Waals surface area contributed by atoms with Gasteiger partial charge in [0.2, 0.25) is 11.8 Å². The molecule has 1 aromatic carbocycles. The Morgan fingerprint density at radius 3 is 2.20 bits per heavy atom. The molecule has 0 radical (unpaired) electrons. The van der Waals surface area contributed by atoms with E-state index < -0.39 is 5.54 Å². The number of hydrogen-bond acceptors (Lipinski definition) is 4. The normalized spacial score (nSPS) is 13.0. The molecule has 0 aliphatic rings. The third kappa shape index (κ3) is 6.84. The van der Waals surface area contributed by atoms with Crippen LogP contribution in [0.2, 0.25) is 0 Å². The number of nitrogens with one attached hydrogen (secondary N) is 3. The molecule has 0 aliphatic heterocycles. The van der Waals surface area contributed by atoms with Gasteiger partial charge in [-0.1, -0.05) is 26.0 Å². The number of carbonyl (C=O) groups is 2. The summed E-state index contributed by atoms with van der Waals surface area (Å²) in [5.74, 6) is -0.240. The lowest BCUT2D eigenvalue weighted by Crippen LogP contribution is -2.50. The van der Waals surface area contributed by atoms with Crippen LogP contribution in [0, 0.1) is 17.2 Å². The predicted octanol–water partition coefficient (Wildman–Crippen LogP) is 2.22. The summed E-state index contributed by atoms with van der Waals surface area (Å²) in [6.45, 7) is 9.43. The summed E-state index contributed by atoms with van der Waals surface area (Å²) in [6.07, 6.45) is 0.327. The number of rotatable bonds is 8. The van der Waals surface area contributed by atoms with E-state index in [2.05, 4.69) is 22.0 Å². The van der Waals surface area contributed by atoms with E-state index in [1.54, 1.807) is 6.92 Å². The lowest BCUT2D eigenvalue weighted by Gasteiger charge is -2.27. The minimum atomic E-state index is -0.883. The Bertz CT molecular complexity index is 632. The molecule has 1 rings (SSSR count). The Kier molecular flexibility index (Phi) is 7.43. The Hall–Kier alpha value is -2.55. The largest absolute Gasteiger partial charge is 0.376 e. The Labute approximate surface area is 150 Å². The van der Waals surface area contributed by atoms with E-state index in [4.69, 9.17) is 0 Å². The van der Waals surface area contributed by atoms with Crippen LogP contribution in [0.25, 0.3) is 0 Å². The maximum Gasteiger partial charge on any atom is 0.240 e. The van der Waals surface area contributed by atoms with Crippen LogP contribution in [-0.2, 0) is 16.0 Å². The van der Waals surface area contributed by atoms with Gasteiger partial charge in [0.15, 0.2) is 0 Å². The van der Waals surface area contributed by atoms with Crippen LogP contribution in [0.1, 0.15) is 40.2 Å². The average Bonchev–Trinajstić information content (AvgIpc) is 2.53. The van der Waals surface area contributed by atoms with Gasteiger partial charge < -0.3 is 16.0 Å². The first kappa shape index (κ1) is 20.5. The average molecular weight is 344 g/mol. The number of anilines is 1. The van der Waals surface area contributed by atoms with Crippen LogP contribution in [0.3, 0.4) is 0 Å². The van der Waals surface area contributed by atoms with E-state index in [-0.39, 0.29) is 30.3 Å². The van der Waals surface area contributed by atoms with Crippen molar-refractivity contribution in [3.63, 3.8) is 0 Å². The molecule has 0 saturated heterocycles. The Balaban J connectivity index is 2.52. The highest BCUT2D eigenvalue weighted by atomic mass is 16.2. The van der Waals surface area contributed by atoms with Crippen molar-refractivity contribution in [2.45, 2.75) is 52.6 Å². The van der Waals surface area contributed by atoms with Crippen molar-refractivity contribution in [3.05, 3.63) is 29.8 Å². The van der Waals surface area contributed by atoms with Crippen molar-refractivity contribution < 1.29 is 9.59 Å². The van der Waals surface area contributed by atoms with Gasteiger partial charge >= 0.3 is 0 Å². The Morgan fingerprint density at radius 2 is 1.72 bits per heavy atom. The molecule has 0 bridgehead atoms. The second-order valence-corrected chi connectivity index (χ2v) is 6.97. The smallest absolute Gasteiger partial charge is 0.240 e.